The van der Waals surface area contributed by atoms with Gasteiger partial charge in [0.15, 0.2) is 5.78 Å². The number of rotatable bonds is 16. The molecule has 0 aromatic carbocycles. The Morgan fingerprint density at radius 2 is 1.62 bits per heavy atom. The van der Waals surface area contributed by atoms with E-state index >= 15 is 0 Å². The summed E-state index contributed by atoms with van der Waals surface area (Å²) >= 11 is 0. The minimum atomic E-state index is -3.73. The number of hydrogen-bond acceptors (Lipinski definition) is 7. The maximum absolute atomic E-state index is 14.3. The molecule has 1 unspecified atom stereocenters. The number of carbonyl (C=O) groups excluding carboxylic acids is 5. The van der Waals surface area contributed by atoms with Crippen molar-refractivity contribution in [3.05, 3.63) is 12.7 Å². The van der Waals surface area contributed by atoms with E-state index in [9.17, 15) is 32.4 Å². The minimum Gasteiger partial charge on any atom is -0.346 e. The fourth-order valence-corrected chi connectivity index (χ4v) is 8.65. The molecule has 0 spiro atoms. The maximum atomic E-state index is 14.3. The van der Waals surface area contributed by atoms with Crippen molar-refractivity contribution in [3.8, 4) is 0 Å². The number of Topliss-reactive ketones (excluding diaryl/α,β-unsaturated/α-hetero) is 2. The predicted octanol–water partition coefficient (Wildman–Crippen LogP) is 3.51. The van der Waals surface area contributed by atoms with Gasteiger partial charge < -0.3 is 20.9 Å². The van der Waals surface area contributed by atoms with E-state index in [0.717, 1.165) is 0 Å². The Balaban J connectivity index is 2.32. The van der Waals surface area contributed by atoms with Crippen LogP contribution >= 0.6 is 0 Å². The molecule has 48 heavy (non-hydrogen) atoms. The molecule has 2 rings (SSSR count). The molecule has 13 heteroatoms. The van der Waals surface area contributed by atoms with Crippen LogP contribution in [0.25, 0.3) is 0 Å². The van der Waals surface area contributed by atoms with Crippen LogP contribution in [0.3, 0.4) is 0 Å². The second kappa shape index (κ2) is 15.4. The lowest BCUT2D eigenvalue weighted by molar-refractivity contribution is -0.145. The van der Waals surface area contributed by atoms with E-state index < -0.39 is 68.6 Å². The summed E-state index contributed by atoms with van der Waals surface area (Å²) in [6.45, 7) is 24.5. The molecule has 1 saturated heterocycles. The molecule has 274 valence electrons. The summed E-state index contributed by atoms with van der Waals surface area (Å²) in [7, 11) is -2.22. The molecule has 3 N–H and O–H groups in total. The summed E-state index contributed by atoms with van der Waals surface area (Å²) in [5.74, 6) is -3.48. The van der Waals surface area contributed by atoms with Crippen LogP contribution in [-0.4, -0.2) is 96.6 Å². The van der Waals surface area contributed by atoms with Gasteiger partial charge in [-0.25, -0.2) is 13.2 Å². The largest absolute Gasteiger partial charge is 0.346 e. The van der Waals surface area contributed by atoms with Gasteiger partial charge in [-0.05, 0) is 55.8 Å². The number of carbonyl (C=O) groups is 5. The summed E-state index contributed by atoms with van der Waals surface area (Å²) in [5.41, 5.74) is -1.59. The number of urea groups is 1. The zero-order valence-electron chi connectivity index (χ0n) is 31.2. The summed E-state index contributed by atoms with van der Waals surface area (Å²) in [4.78, 5) is 68.9. The average Bonchev–Trinajstić information content (AvgIpc) is 3.27. The molecule has 2 aliphatic rings. The van der Waals surface area contributed by atoms with Crippen molar-refractivity contribution in [1.29, 1.82) is 0 Å². The van der Waals surface area contributed by atoms with Gasteiger partial charge >= 0.3 is 6.03 Å². The van der Waals surface area contributed by atoms with E-state index in [4.69, 9.17) is 0 Å². The van der Waals surface area contributed by atoms with Crippen molar-refractivity contribution < 1.29 is 32.4 Å². The lowest BCUT2D eigenvalue weighted by atomic mass is 9.84. The standard InChI is InChI=1S/C35H61N5O7S/c1-14-16-22(28(42)30(43)36-17-15-2)18-25(41)27-26-23(35(26,11)12)19-40(27)31(44)29(33(5,6)7)38-32(45)37-24(21(3)4)20-48(46,47)39(13)34(8,9)10/h15,21-24,26-27,29H,2,14,16-20H2,1,3-13H3,(H,36,43)(H2,37,38,45)/t22?,23-,24+,26-,27+,29+/m0/s1. The molecule has 0 radical (unpaired) electrons. The monoisotopic (exact) mass is 695 g/mol. The van der Waals surface area contributed by atoms with Crippen molar-refractivity contribution in [2.45, 2.75) is 119 Å². The SMILES string of the molecule is C=CCNC(=O)C(=O)C(CCC)CC(=O)[C@@H]1[C@@H]2[C@H](CN1C(=O)[C@@H](NC(=O)N[C@H](CS(=O)(=O)N(C)C(C)(C)C)C(C)C)C(C)(C)C)C2(C)C. The molecular weight excluding hydrogens is 634 g/mol. The first-order valence-electron chi connectivity index (χ1n) is 17.1. The zero-order valence-corrected chi connectivity index (χ0v) is 32.0. The van der Waals surface area contributed by atoms with Gasteiger partial charge in [0.1, 0.15) is 6.04 Å². The molecule has 0 aromatic heterocycles. The van der Waals surface area contributed by atoms with Crippen molar-refractivity contribution in [2.24, 2.45) is 34.5 Å². The maximum Gasteiger partial charge on any atom is 0.315 e. The molecule has 1 aliphatic carbocycles. The van der Waals surface area contributed by atoms with Crippen LogP contribution in [0.4, 0.5) is 4.79 Å². The number of likely N-dealkylation sites (tertiary alicyclic amines) is 1. The summed E-state index contributed by atoms with van der Waals surface area (Å²) < 4.78 is 27.7. The highest BCUT2D eigenvalue weighted by molar-refractivity contribution is 7.89. The molecule has 4 amide bonds. The molecule has 1 saturated carbocycles. The number of sulfonamides is 1. The number of nitrogens with one attached hydrogen (secondary N) is 3. The topological polar surface area (TPSA) is 162 Å². The third kappa shape index (κ3) is 9.67. The van der Waals surface area contributed by atoms with Crippen molar-refractivity contribution in [3.63, 3.8) is 0 Å². The van der Waals surface area contributed by atoms with E-state index in [0.29, 0.717) is 19.4 Å². The van der Waals surface area contributed by atoms with Gasteiger partial charge in [0.05, 0.1) is 11.8 Å². The van der Waals surface area contributed by atoms with Gasteiger partial charge in [0.2, 0.25) is 21.7 Å². The Bertz CT molecular complexity index is 1350. The van der Waals surface area contributed by atoms with Gasteiger partial charge in [0.25, 0.3) is 5.91 Å². The third-order valence-electron chi connectivity index (χ3n) is 10.2. The first-order chi connectivity index (χ1) is 21.8. The van der Waals surface area contributed by atoms with Crippen molar-refractivity contribution in [1.82, 2.24) is 25.2 Å². The first-order valence-corrected chi connectivity index (χ1v) is 18.7. The van der Waals surface area contributed by atoms with Crippen LogP contribution in [0.5, 0.6) is 0 Å². The Morgan fingerprint density at radius 1 is 1.04 bits per heavy atom. The van der Waals surface area contributed by atoms with Crippen LogP contribution in [0, 0.1) is 34.5 Å². The Morgan fingerprint density at radius 3 is 2.10 bits per heavy atom. The number of nitrogens with zero attached hydrogens (tertiary/aromatic N) is 2. The van der Waals surface area contributed by atoms with Crippen LogP contribution in [0.2, 0.25) is 0 Å². The van der Waals surface area contributed by atoms with Crippen LogP contribution in [0.1, 0.15) is 95.4 Å². The lowest BCUT2D eigenvalue weighted by Gasteiger charge is -2.38. The molecule has 0 aromatic rings. The highest BCUT2D eigenvalue weighted by atomic mass is 32.2. The van der Waals surface area contributed by atoms with Crippen molar-refractivity contribution in [2.75, 3.05) is 25.9 Å². The van der Waals surface area contributed by atoms with Gasteiger partial charge in [-0.15, -0.1) is 6.58 Å². The first kappa shape index (κ1) is 41.4. The highest BCUT2D eigenvalue weighted by Gasteiger charge is 2.69. The molecule has 12 nitrogen and oxygen atoms in total. The Hall–Kier alpha value is -2.80. The van der Waals surface area contributed by atoms with Gasteiger partial charge in [-0.3, -0.25) is 19.2 Å². The van der Waals surface area contributed by atoms with Gasteiger partial charge in [-0.2, -0.15) is 4.31 Å². The zero-order chi connectivity index (χ0) is 37.2. The molecule has 2 fully saturated rings. The van der Waals surface area contributed by atoms with E-state index in [1.54, 1.807) is 25.7 Å². The molecule has 6 atom stereocenters. The molecule has 1 aliphatic heterocycles. The van der Waals surface area contributed by atoms with E-state index in [-0.39, 0.29) is 47.7 Å². The van der Waals surface area contributed by atoms with Gasteiger partial charge in [-0.1, -0.05) is 67.9 Å². The second-order valence-corrected chi connectivity index (χ2v) is 18.6. The van der Waals surface area contributed by atoms with E-state index in [2.05, 4.69) is 36.4 Å². The quantitative estimate of drug-likeness (QED) is 0.164. The molecule has 0 bridgehead atoms. The van der Waals surface area contributed by atoms with E-state index in [1.807, 2.05) is 41.5 Å². The number of piperidine rings is 1. The fourth-order valence-electron chi connectivity index (χ4n) is 6.67. The molecular formula is C35H61N5O7S. The third-order valence-corrected chi connectivity index (χ3v) is 12.3. The van der Waals surface area contributed by atoms with E-state index in [1.165, 1.54) is 17.4 Å². The fraction of sp³-hybridized carbons (Fsp3) is 0.800. The number of ketones is 2. The summed E-state index contributed by atoms with van der Waals surface area (Å²) in [5, 5.41) is 8.11. The Labute approximate surface area is 288 Å². The van der Waals surface area contributed by atoms with Crippen LogP contribution in [-0.2, 0) is 29.2 Å². The number of hydrogen-bond donors (Lipinski definition) is 3. The molecule has 1 heterocycles. The van der Waals surface area contributed by atoms with Gasteiger partial charge in [0, 0.05) is 44.1 Å². The Kier molecular flexibility index (Phi) is 13.3. The normalized spacial score (nSPS) is 22.4. The van der Waals surface area contributed by atoms with Crippen LogP contribution in [0.15, 0.2) is 12.7 Å². The summed E-state index contributed by atoms with van der Waals surface area (Å²) in [6, 6.07) is -3.24. The average molecular weight is 696 g/mol. The van der Waals surface area contributed by atoms with Crippen molar-refractivity contribution >= 4 is 39.4 Å². The second-order valence-electron chi connectivity index (χ2n) is 16.6. The highest BCUT2D eigenvalue weighted by Crippen LogP contribution is 2.65. The summed E-state index contributed by atoms with van der Waals surface area (Å²) in [6.07, 6.45) is 2.26. The smallest absolute Gasteiger partial charge is 0.315 e. The number of fused-ring (bicyclic) bond motifs is 1. The predicted molar refractivity (Wildman–Crippen MR) is 187 cm³/mol. The number of amides is 4. The lowest BCUT2D eigenvalue weighted by Crippen LogP contribution is -2.61. The van der Waals surface area contributed by atoms with Crippen LogP contribution < -0.4 is 16.0 Å². The minimum absolute atomic E-state index is 0.0800.